The number of morpholine rings is 1. The standard InChI is InChI=1S/C19H29N3O4/c1-19(2,3)17-13-14(20-26-17)12-16(23)15-6-4-5-7-22(15)18(24)21-8-10-25-11-9-21/h13,15H,4-12H2,1-3H3. The Morgan fingerprint density at radius 3 is 2.58 bits per heavy atom. The van der Waals surface area contributed by atoms with E-state index in [9.17, 15) is 9.59 Å². The predicted octanol–water partition coefficient (Wildman–Crippen LogP) is 2.39. The van der Waals surface area contributed by atoms with E-state index in [1.54, 1.807) is 9.80 Å². The van der Waals surface area contributed by atoms with Crippen LogP contribution in [0, 0.1) is 0 Å². The van der Waals surface area contributed by atoms with Gasteiger partial charge in [0.25, 0.3) is 0 Å². The van der Waals surface area contributed by atoms with Crippen LogP contribution in [0.5, 0.6) is 0 Å². The number of ether oxygens (including phenoxy) is 1. The number of hydrogen-bond acceptors (Lipinski definition) is 5. The van der Waals surface area contributed by atoms with E-state index in [2.05, 4.69) is 5.16 Å². The molecular weight excluding hydrogens is 334 g/mol. The number of ketones is 1. The minimum absolute atomic E-state index is 0.0399. The van der Waals surface area contributed by atoms with Gasteiger partial charge in [-0.2, -0.15) is 0 Å². The molecule has 0 N–H and O–H groups in total. The van der Waals surface area contributed by atoms with Gasteiger partial charge in [0.2, 0.25) is 0 Å². The van der Waals surface area contributed by atoms with E-state index >= 15 is 0 Å². The highest BCUT2D eigenvalue weighted by molar-refractivity contribution is 5.90. The van der Waals surface area contributed by atoms with Crippen molar-refractivity contribution in [2.75, 3.05) is 32.8 Å². The van der Waals surface area contributed by atoms with Crippen LogP contribution in [0.25, 0.3) is 0 Å². The zero-order chi connectivity index (χ0) is 18.7. The van der Waals surface area contributed by atoms with Crippen LogP contribution in [0.3, 0.4) is 0 Å². The molecule has 1 unspecified atom stereocenters. The highest BCUT2D eigenvalue weighted by Gasteiger charge is 2.35. The molecule has 2 aliphatic rings. The van der Waals surface area contributed by atoms with Crippen LogP contribution >= 0.6 is 0 Å². The third kappa shape index (κ3) is 4.26. The van der Waals surface area contributed by atoms with Crippen LogP contribution in [0.15, 0.2) is 10.6 Å². The van der Waals surface area contributed by atoms with Gasteiger partial charge in [0.05, 0.1) is 31.4 Å². The van der Waals surface area contributed by atoms with Gasteiger partial charge < -0.3 is 19.1 Å². The van der Waals surface area contributed by atoms with Gasteiger partial charge in [-0.25, -0.2) is 4.79 Å². The molecule has 2 saturated heterocycles. The molecule has 0 spiro atoms. The molecular formula is C19H29N3O4. The lowest BCUT2D eigenvalue weighted by molar-refractivity contribution is -0.124. The van der Waals surface area contributed by atoms with Crippen LogP contribution in [0.4, 0.5) is 4.79 Å². The number of hydrogen-bond donors (Lipinski definition) is 0. The van der Waals surface area contributed by atoms with Crippen molar-refractivity contribution in [3.05, 3.63) is 17.5 Å². The molecule has 2 amide bonds. The zero-order valence-corrected chi connectivity index (χ0v) is 16.0. The summed E-state index contributed by atoms with van der Waals surface area (Å²) in [5.74, 6) is 0.810. The van der Waals surface area contributed by atoms with E-state index < -0.39 is 0 Å². The second-order valence-corrected chi connectivity index (χ2v) is 8.16. The third-order valence-corrected chi connectivity index (χ3v) is 5.06. The number of nitrogens with zero attached hydrogens (tertiary/aromatic N) is 3. The number of urea groups is 1. The molecule has 3 rings (SSSR count). The summed E-state index contributed by atoms with van der Waals surface area (Å²) in [6.07, 6.45) is 2.84. The second kappa shape index (κ2) is 7.78. The van der Waals surface area contributed by atoms with Gasteiger partial charge >= 0.3 is 6.03 Å². The Morgan fingerprint density at radius 1 is 1.19 bits per heavy atom. The third-order valence-electron chi connectivity index (χ3n) is 5.06. The maximum absolute atomic E-state index is 12.9. The summed E-state index contributed by atoms with van der Waals surface area (Å²) in [6.45, 7) is 9.08. The van der Waals surface area contributed by atoms with Crippen LogP contribution in [-0.2, 0) is 21.4 Å². The number of Topliss-reactive ketones (excluding diaryl/α,β-unsaturated/α-hetero) is 1. The van der Waals surface area contributed by atoms with Gasteiger partial charge in [0.1, 0.15) is 5.76 Å². The average molecular weight is 363 g/mol. The number of rotatable bonds is 3. The van der Waals surface area contributed by atoms with E-state index in [1.165, 1.54) is 0 Å². The Bertz CT molecular complexity index is 643. The fourth-order valence-corrected chi connectivity index (χ4v) is 3.48. The lowest BCUT2D eigenvalue weighted by atomic mass is 9.92. The number of carbonyl (C=O) groups excluding carboxylic acids is 2. The first-order valence-corrected chi connectivity index (χ1v) is 9.48. The number of aromatic nitrogens is 1. The Balaban J connectivity index is 1.67. The van der Waals surface area contributed by atoms with Crippen molar-refractivity contribution >= 4 is 11.8 Å². The van der Waals surface area contributed by atoms with Gasteiger partial charge in [0.15, 0.2) is 5.78 Å². The van der Waals surface area contributed by atoms with Crippen LogP contribution < -0.4 is 0 Å². The average Bonchev–Trinajstić information content (AvgIpc) is 3.11. The van der Waals surface area contributed by atoms with Crippen molar-refractivity contribution < 1.29 is 18.8 Å². The molecule has 7 nitrogen and oxygen atoms in total. The summed E-state index contributed by atoms with van der Waals surface area (Å²) in [4.78, 5) is 29.3. The molecule has 0 saturated carbocycles. The Hall–Kier alpha value is -1.89. The first-order valence-electron chi connectivity index (χ1n) is 9.48. The summed E-state index contributed by atoms with van der Waals surface area (Å²) < 4.78 is 10.7. The minimum Gasteiger partial charge on any atom is -0.378 e. The Kier molecular flexibility index (Phi) is 5.65. The van der Waals surface area contributed by atoms with Gasteiger partial charge in [-0.1, -0.05) is 25.9 Å². The van der Waals surface area contributed by atoms with Crippen LogP contribution in [-0.4, -0.2) is 65.7 Å². The normalized spacial score (nSPS) is 21.7. The van der Waals surface area contributed by atoms with Gasteiger partial charge in [0, 0.05) is 31.1 Å². The van der Waals surface area contributed by atoms with Crippen molar-refractivity contribution in [1.29, 1.82) is 0 Å². The Morgan fingerprint density at radius 2 is 1.92 bits per heavy atom. The fourth-order valence-electron chi connectivity index (χ4n) is 3.48. The van der Waals surface area contributed by atoms with Crippen molar-refractivity contribution in [3.8, 4) is 0 Å². The largest absolute Gasteiger partial charge is 0.378 e. The molecule has 1 aromatic heterocycles. The smallest absolute Gasteiger partial charge is 0.320 e. The molecule has 26 heavy (non-hydrogen) atoms. The predicted molar refractivity (Wildman–Crippen MR) is 96.0 cm³/mol. The van der Waals surface area contributed by atoms with Gasteiger partial charge in [-0.3, -0.25) is 4.79 Å². The van der Waals surface area contributed by atoms with E-state index in [-0.39, 0.29) is 29.7 Å². The molecule has 2 fully saturated rings. The quantitative estimate of drug-likeness (QED) is 0.824. The second-order valence-electron chi connectivity index (χ2n) is 8.16. The van der Waals surface area contributed by atoms with E-state index in [0.717, 1.165) is 25.0 Å². The first-order chi connectivity index (χ1) is 12.4. The SMILES string of the molecule is CC(C)(C)c1cc(CC(=O)C2CCCCN2C(=O)N2CCOCC2)no1. The van der Waals surface area contributed by atoms with E-state index in [1.807, 2.05) is 26.8 Å². The maximum Gasteiger partial charge on any atom is 0.320 e. The molecule has 144 valence electrons. The molecule has 2 aliphatic heterocycles. The van der Waals surface area contributed by atoms with E-state index in [0.29, 0.717) is 38.5 Å². The lowest BCUT2D eigenvalue weighted by Gasteiger charge is -2.39. The zero-order valence-electron chi connectivity index (χ0n) is 16.0. The maximum atomic E-state index is 12.9. The summed E-state index contributed by atoms with van der Waals surface area (Å²) in [6, 6.07) is 1.45. The van der Waals surface area contributed by atoms with E-state index in [4.69, 9.17) is 9.26 Å². The fraction of sp³-hybridized carbons (Fsp3) is 0.737. The highest BCUT2D eigenvalue weighted by atomic mass is 16.5. The molecule has 1 aromatic rings. The van der Waals surface area contributed by atoms with Crippen LogP contribution in [0.1, 0.15) is 51.5 Å². The van der Waals surface area contributed by atoms with Crippen molar-refractivity contribution in [2.24, 2.45) is 0 Å². The van der Waals surface area contributed by atoms with Gasteiger partial charge in [-0.15, -0.1) is 0 Å². The topological polar surface area (TPSA) is 75.9 Å². The summed E-state index contributed by atoms with van der Waals surface area (Å²) in [7, 11) is 0. The number of likely N-dealkylation sites (tertiary alicyclic amines) is 1. The molecule has 0 aromatic carbocycles. The van der Waals surface area contributed by atoms with Crippen molar-refractivity contribution in [1.82, 2.24) is 15.0 Å². The highest BCUT2D eigenvalue weighted by Crippen LogP contribution is 2.25. The monoisotopic (exact) mass is 363 g/mol. The lowest BCUT2D eigenvalue weighted by Crippen LogP contribution is -2.55. The van der Waals surface area contributed by atoms with Gasteiger partial charge in [-0.05, 0) is 19.3 Å². The molecule has 3 heterocycles. The molecule has 7 heteroatoms. The number of amides is 2. The summed E-state index contributed by atoms with van der Waals surface area (Å²) in [5, 5.41) is 4.05. The number of piperidine rings is 1. The van der Waals surface area contributed by atoms with Crippen molar-refractivity contribution in [2.45, 2.75) is 57.9 Å². The molecule has 0 aliphatic carbocycles. The summed E-state index contributed by atoms with van der Waals surface area (Å²) in [5.41, 5.74) is 0.501. The number of carbonyl (C=O) groups is 2. The molecule has 0 radical (unpaired) electrons. The molecule has 1 atom stereocenters. The molecule has 0 bridgehead atoms. The Labute approximate surface area is 154 Å². The summed E-state index contributed by atoms with van der Waals surface area (Å²) >= 11 is 0. The minimum atomic E-state index is -0.367. The van der Waals surface area contributed by atoms with Crippen LogP contribution in [0.2, 0.25) is 0 Å². The van der Waals surface area contributed by atoms with Crippen molar-refractivity contribution in [3.63, 3.8) is 0 Å². The first kappa shape index (κ1) is 18.9.